The lowest BCUT2D eigenvalue weighted by Gasteiger charge is -2.25. The van der Waals surface area contributed by atoms with Crippen LogP contribution in [0.15, 0.2) is 6.07 Å². The maximum atomic E-state index is 12.5. The third kappa shape index (κ3) is 2.65. The van der Waals surface area contributed by atoms with Gasteiger partial charge in [-0.25, -0.2) is 4.79 Å². The fraction of sp³-hybridized carbons (Fsp3) is 0.636. The highest BCUT2D eigenvalue weighted by molar-refractivity contribution is 5.85. The minimum absolute atomic E-state index is 0.225. The summed E-state index contributed by atoms with van der Waals surface area (Å²) < 4.78 is 38.3. The zero-order chi connectivity index (χ0) is 13.3. The summed E-state index contributed by atoms with van der Waals surface area (Å²) in [6.07, 6.45) is -0.653. The molecule has 0 radical (unpaired) electrons. The Morgan fingerprint density at radius 2 is 2.17 bits per heavy atom. The largest absolute Gasteiger partial charge is 0.477 e. The van der Waals surface area contributed by atoms with Crippen LogP contribution < -0.4 is 0 Å². The fourth-order valence-electron chi connectivity index (χ4n) is 1.98. The van der Waals surface area contributed by atoms with Gasteiger partial charge < -0.3 is 5.11 Å². The molecule has 1 saturated carbocycles. The number of alkyl halides is 3. The molecule has 0 aromatic carbocycles. The van der Waals surface area contributed by atoms with E-state index >= 15 is 0 Å². The van der Waals surface area contributed by atoms with Crippen LogP contribution in [0, 0.1) is 5.92 Å². The Morgan fingerprint density at radius 1 is 1.50 bits per heavy atom. The Labute approximate surface area is 101 Å². The van der Waals surface area contributed by atoms with Crippen molar-refractivity contribution >= 4 is 5.97 Å². The number of carbonyl (C=O) groups is 1. The van der Waals surface area contributed by atoms with Gasteiger partial charge in [-0.2, -0.15) is 18.3 Å². The van der Waals surface area contributed by atoms with E-state index in [4.69, 9.17) is 5.11 Å². The Balaban J connectivity index is 2.15. The van der Waals surface area contributed by atoms with Crippen molar-refractivity contribution in [3.63, 3.8) is 0 Å². The number of aryl methyl sites for hydroxylation is 1. The number of nitrogens with zero attached hydrogens (tertiary/aromatic N) is 2. The number of hydrogen-bond donors (Lipinski definition) is 1. The number of rotatable bonds is 4. The molecule has 0 amide bonds. The van der Waals surface area contributed by atoms with Crippen LogP contribution in [0.3, 0.4) is 0 Å². The smallest absolute Gasteiger partial charge is 0.435 e. The highest BCUT2D eigenvalue weighted by atomic mass is 19.4. The maximum absolute atomic E-state index is 12.5. The Bertz CT molecular complexity index is 450. The monoisotopic (exact) mass is 262 g/mol. The van der Waals surface area contributed by atoms with Crippen LogP contribution in [0.1, 0.15) is 41.9 Å². The van der Waals surface area contributed by atoms with Crippen molar-refractivity contribution < 1.29 is 23.1 Å². The van der Waals surface area contributed by atoms with Crippen molar-refractivity contribution in [2.75, 3.05) is 0 Å². The molecular formula is C11H13F3N2O2. The molecule has 100 valence electrons. The summed E-state index contributed by atoms with van der Waals surface area (Å²) in [6, 6.07) is 0.586. The standard InChI is InChI=1S/C11H13F3N2O2/c12-11(13,14)9-6-8(10(17)18)16(15-9)5-4-7-2-1-3-7/h6-7H,1-5H2,(H,17,18). The molecule has 1 aliphatic rings. The third-order valence-electron chi connectivity index (χ3n) is 3.26. The number of aromatic carboxylic acids is 1. The molecule has 2 rings (SSSR count). The molecule has 1 aromatic rings. The van der Waals surface area contributed by atoms with Gasteiger partial charge in [0.15, 0.2) is 5.69 Å². The second-order valence-electron chi connectivity index (χ2n) is 4.53. The van der Waals surface area contributed by atoms with Crippen molar-refractivity contribution in [2.24, 2.45) is 5.92 Å². The predicted molar refractivity (Wildman–Crippen MR) is 56.1 cm³/mol. The topological polar surface area (TPSA) is 55.1 Å². The maximum Gasteiger partial charge on any atom is 0.435 e. The van der Waals surface area contributed by atoms with Crippen LogP contribution in [0.4, 0.5) is 13.2 Å². The molecule has 4 nitrogen and oxygen atoms in total. The Hall–Kier alpha value is -1.53. The van der Waals surface area contributed by atoms with Gasteiger partial charge in [0, 0.05) is 12.6 Å². The van der Waals surface area contributed by atoms with E-state index in [0.29, 0.717) is 18.4 Å². The van der Waals surface area contributed by atoms with E-state index in [2.05, 4.69) is 5.10 Å². The van der Waals surface area contributed by atoms with E-state index in [1.165, 1.54) is 0 Å². The molecule has 18 heavy (non-hydrogen) atoms. The SMILES string of the molecule is O=C(O)c1cc(C(F)(F)F)nn1CCC1CCC1. The zero-order valence-electron chi connectivity index (χ0n) is 9.57. The number of carboxylic acid groups (broad SMARTS) is 1. The molecule has 0 aliphatic heterocycles. The summed E-state index contributed by atoms with van der Waals surface area (Å²) in [7, 11) is 0. The van der Waals surface area contributed by atoms with E-state index < -0.39 is 23.5 Å². The molecule has 1 N–H and O–H groups in total. The van der Waals surface area contributed by atoms with Gasteiger partial charge in [0.25, 0.3) is 0 Å². The lowest BCUT2D eigenvalue weighted by atomic mass is 9.83. The molecule has 0 saturated heterocycles. The Kier molecular flexibility index (Phi) is 3.32. The van der Waals surface area contributed by atoms with E-state index in [0.717, 1.165) is 23.9 Å². The fourth-order valence-corrected chi connectivity index (χ4v) is 1.98. The first-order valence-electron chi connectivity index (χ1n) is 5.76. The molecular weight excluding hydrogens is 249 g/mol. The van der Waals surface area contributed by atoms with Gasteiger partial charge in [0.05, 0.1) is 0 Å². The molecule has 1 fully saturated rings. The van der Waals surface area contributed by atoms with Crippen molar-refractivity contribution in [1.82, 2.24) is 9.78 Å². The van der Waals surface area contributed by atoms with Crippen LogP contribution >= 0.6 is 0 Å². The first-order valence-corrected chi connectivity index (χ1v) is 5.76. The Morgan fingerprint density at radius 3 is 2.61 bits per heavy atom. The second-order valence-corrected chi connectivity index (χ2v) is 4.53. The first-order chi connectivity index (χ1) is 8.38. The average molecular weight is 262 g/mol. The van der Waals surface area contributed by atoms with E-state index in [1.807, 2.05) is 0 Å². The summed E-state index contributed by atoms with van der Waals surface area (Å²) in [5.74, 6) is -0.892. The van der Waals surface area contributed by atoms with Crippen molar-refractivity contribution in [1.29, 1.82) is 0 Å². The summed E-state index contributed by atoms with van der Waals surface area (Å²) in [5.41, 5.74) is -1.55. The van der Waals surface area contributed by atoms with Gasteiger partial charge in [-0.15, -0.1) is 0 Å². The van der Waals surface area contributed by atoms with Crippen LogP contribution in [0.5, 0.6) is 0 Å². The highest BCUT2D eigenvalue weighted by Crippen LogP contribution is 2.31. The van der Waals surface area contributed by atoms with Crippen molar-refractivity contribution in [2.45, 2.75) is 38.4 Å². The van der Waals surface area contributed by atoms with Gasteiger partial charge in [0.1, 0.15) is 5.69 Å². The molecule has 0 unspecified atom stereocenters. The van der Waals surface area contributed by atoms with Gasteiger partial charge >= 0.3 is 12.1 Å². The van der Waals surface area contributed by atoms with Crippen LogP contribution in [0.2, 0.25) is 0 Å². The summed E-state index contributed by atoms with van der Waals surface area (Å²) >= 11 is 0. The van der Waals surface area contributed by atoms with E-state index in [9.17, 15) is 18.0 Å². The third-order valence-corrected chi connectivity index (χ3v) is 3.26. The normalized spacial score (nSPS) is 16.6. The van der Waals surface area contributed by atoms with Crippen LogP contribution in [0.25, 0.3) is 0 Å². The number of hydrogen-bond acceptors (Lipinski definition) is 2. The molecule has 0 spiro atoms. The number of halogens is 3. The molecule has 1 aliphatic carbocycles. The zero-order valence-corrected chi connectivity index (χ0v) is 9.57. The van der Waals surface area contributed by atoms with E-state index in [1.54, 1.807) is 0 Å². The number of carboxylic acids is 1. The van der Waals surface area contributed by atoms with Gasteiger partial charge in [0.2, 0.25) is 0 Å². The van der Waals surface area contributed by atoms with Crippen LogP contribution in [-0.4, -0.2) is 20.9 Å². The molecule has 1 aromatic heterocycles. The summed E-state index contributed by atoms with van der Waals surface area (Å²) in [6.45, 7) is 0.225. The minimum atomic E-state index is -4.61. The minimum Gasteiger partial charge on any atom is -0.477 e. The van der Waals surface area contributed by atoms with Crippen molar-refractivity contribution in [3.8, 4) is 0 Å². The molecule has 0 bridgehead atoms. The summed E-state index contributed by atoms with van der Waals surface area (Å²) in [4.78, 5) is 10.9. The lowest BCUT2D eigenvalue weighted by molar-refractivity contribution is -0.141. The molecule has 0 atom stereocenters. The van der Waals surface area contributed by atoms with E-state index in [-0.39, 0.29) is 6.54 Å². The quantitative estimate of drug-likeness (QED) is 0.907. The first kappa shape index (κ1) is 12.9. The van der Waals surface area contributed by atoms with Crippen LogP contribution in [-0.2, 0) is 12.7 Å². The van der Waals surface area contributed by atoms with Crippen molar-refractivity contribution in [3.05, 3.63) is 17.5 Å². The summed E-state index contributed by atoms with van der Waals surface area (Å²) in [5, 5.41) is 12.2. The predicted octanol–water partition coefficient (Wildman–Crippen LogP) is 2.79. The molecule has 1 heterocycles. The van der Waals surface area contributed by atoms with Gasteiger partial charge in [-0.1, -0.05) is 19.3 Å². The molecule has 7 heteroatoms. The van der Waals surface area contributed by atoms with Gasteiger partial charge in [-0.3, -0.25) is 4.68 Å². The number of aromatic nitrogens is 2. The average Bonchev–Trinajstić information content (AvgIpc) is 2.58. The highest BCUT2D eigenvalue weighted by Gasteiger charge is 2.36. The van der Waals surface area contributed by atoms with Gasteiger partial charge in [-0.05, 0) is 12.3 Å². The second kappa shape index (κ2) is 4.62. The lowest BCUT2D eigenvalue weighted by Crippen LogP contribution is -2.17.